The van der Waals surface area contributed by atoms with Crippen LogP contribution in [0.15, 0.2) is 54.7 Å². The van der Waals surface area contributed by atoms with Crippen molar-refractivity contribution in [2.75, 3.05) is 24.2 Å². The molecule has 0 aliphatic rings. The monoisotopic (exact) mass is 512 g/mol. The Labute approximate surface area is 176 Å². The first-order valence-electron chi connectivity index (χ1n) is 8.17. The summed E-state index contributed by atoms with van der Waals surface area (Å²) >= 11 is 2.11. The maximum absolute atomic E-state index is 13.0. The lowest BCUT2D eigenvalue weighted by molar-refractivity contribution is 0.0603. The zero-order valence-electron chi connectivity index (χ0n) is 15.1. The Hall–Kier alpha value is -2.40. The Bertz CT molecular complexity index is 1150. The molecule has 0 N–H and O–H groups in total. The smallest absolute Gasteiger partial charge is 0.340 e. The molecule has 0 spiro atoms. The number of carbonyl (C=O) groups is 2. The molecule has 0 unspecified atom stereocenters. The van der Waals surface area contributed by atoms with Crippen LogP contribution in [0.2, 0.25) is 0 Å². The molecule has 0 aliphatic carbocycles. The highest BCUT2D eigenvalue weighted by atomic mass is 127. The van der Waals surface area contributed by atoms with Crippen molar-refractivity contribution in [1.29, 1.82) is 0 Å². The number of sulfonamides is 1. The minimum absolute atomic E-state index is 0.242. The first kappa shape index (κ1) is 20.3. The summed E-state index contributed by atoms with van der Waals surface area (Å²) in [6, 6.07) is 13.7. The van der Waals surface area contributed by atoms with Gasteiger partial charge in [-0.05, 0) is 52.9 Å². The largest absolute Gasteiger partial charge is 0.465 e. The number of para-hydroxylation sites is 1. The quantitative estimate of drug-likeness (QED) is 0.388. The van der Waals surface area contributed by atoms with Gasteiger partial charge in [0.25, 0.3) is 5.91 Å². The van der Waals surface area contributed by atoms with Crippen LogP contribution in [0, 0.1) is 3.57 Å². The molecule has 28 heavy (non-hydrogen) atoms. The molecular weight excluding hydrogens is 495 g/mol. The van der Waals surface area contributed by atoms with E-state index in [9.17, 15) is 18.0 Å². The van der Waals surface area contributed by atoms with Gasteiger partial charge < -0.3 is 4.74 Å². The van der Waals surface area contributed by atoms with Gasteiger partial charge in [-0.15, -0.1) is 0 Å². The van der Waals surface area contributed by atoms with Crippen LogP contribution < -0.4 is 4.31 Å². The van der Waals surface area contributed by atoms with Crippen molar-refractivity contribution in [3.8, 4) is 0 Å². The fourth-order valence-corrected chi connectivity index (χ4v) is 4.07. The van der Waals surface area contributed by atoms with Gasteiger partial charge in [-0.3, -0.25) is 13.7 Å². The van der Waals surface area contributed by atoms with E-state index in [1.165, 1.54) is 17.9 Å². The minimum atomic E-state index is -3.70. The summed E-state index contributed by atoms with van der Waals surface area (Å²) in [5.41, 5.74) is 1.14. The average molecular weight is 512 g/mol. The summed E-state index contributed by atoms with van der Waals surface area (Å²) in [5.74, 6) is -1.06. The van der Waals surface area contributed by atoms with Gasteiger partial charge in [0.2, 0.25) is 10.0 Å². The van der Waals surface area contributed by atoms with Crippen molar-refractivity contribution in [1.82, 2.24) is 4.57 Å². The fraction of sp³-hybridized carbons (Fsp3) is 0.158. The Morgan fingerprint density at radius 3 is 2.36 bits per heavy atom. The second kappa shape index (κ2) is 7.92. The Balaban J connectivity index is 2.03. The standard InChI is InChI=1S/C19H17IN2O5S/c1-27-19(24)16-11-21(17-6-4-3-5-15(16)17)18(23)12-22(28(2,25)26)14-9-7-13(20)8-10-14/h3-11H,12H2,1-2H3. The van der Waals surface area contributed by atoms with E-state index in [2.05, 4.69) is 22.6 Å². The number of hydrogen-bond donors (Lipinski definition) is 0. The SMILES string of the molecule is COC(=O)c1cn(C(=O)CN(c2ccc(I)cc2)S(C)(=O)=O)c2ccccc12. The third kappa shape index (κ3) is 4.04. The van der Waals surface area contributed by atoms with Gasteiger partial charge in [-0.2, -0.15) is 0 Å². The lowest BCUT2D eigenvalue weighted by Crippen LogP contribution is -2.36. The van der Waals surface area contributed by atoms with Crippen LogP contribution in [-0.2, 0) is 14.8 Å². The van der Waals surface area contributed by atoms with Crippen molar-refractivity contribution >= 4 is 61.1 Å². The number of methoxy groups -OCH3 is 1. The summed E-state index contributed by atoms with van der Waals surface area (Å²) in [7, 11) is -2.43. The van der Waals surface area contributed by atoms with Crippen molar-refractivity contribution in [2.24, 2.45) is 0 Å². The summed E-state index contributed by atoms with van der Waals surface area (Å²) in [4.78, 5) is 25.0. The number of esters is 1. The second-order valence-corrected chi connectivity index (χ2v) is 9.21. The Kier molecular flexibility index (Phi) is 5.75. The van der Waals surface area contributed by atoms with E-state index in [4.69, 9.17) is 4.74 Å². The summed E-state index contributed by atoms with van der Waals surface area (Å²) in [5, 5.41) is 0.558. The van der Waals surface area contributed by atoms with Gasteiger partial charge >= 0.3 is 5.97 Å². The predicted molar refractivity (Wildman–Crippen MR) is 115 cm³/mol. The highest BCUT2D eigenvalue weighted by Crippen LogP contribution is 2.24. The lowest BCUT2D eigenvalue weighted by Gasteiger charge is -2.22. The zero-order valence-corrected chi connectivity index (χ0v) is 18.1. The number of carbonyl (C=O) groups excluding carboxylic acids is 2. The highest BCUT2D eigenvalue weighted by Gasteiger charge is 2.24. The van der Waals surface area contributed by atoms with Crippen LogP contribution >= 0.6 is 22.6 Å². The number of fused-ring (bicyclic) bond motifs is 1. The normalized spacial score (nSPS) is 11.4. The molecule has 0 saturated heterocycles. The van der Waals surface area contributed by atoms with Crippen molar-refractivity contribution < 1.29 is 22.7 Å². The zero-order chi connectivity index (χ0) is 20.5. The minimum Gasteiger partial charge on any atom is -0.465 e. The molecule has 9 heteroatoms. The molecule has 1 heterocycles. The van der Waals surface area contributed by atoms with Crippen LogP contribution in [0.5, 0.6) is 0 Å². The van der Waals surface area contributed by atoms with E-state index < -0.39 is 28.4 Å². The average Bonchev–Trinajstić information content (AvgIpc) is 3.05. The number of hydrogen-bond acceptors (Lipinski definition) is 5. The highest BCUT2D eigenvalue weighted by molar-refractivity contribution is 14.1. The topological polar surface area (TPSA) is 85.7 Å². The molecule has 3 rings (SSSR count). The summed E-state index contributed by atoms with van der Waals surface area (Å²) in [6.07, 6.45) is 2.43. The van der Waals surface area contributed by atoms with E-state index >= 15 is 0 Å². The van der Waals surface area contributed by atoms with Crippen LogP contribution in [0.1, 0.15) is 15.2 Å². The maximum atomic E-state index is 13.0. The predicted octanol–water partition coefficient (Wildman–Crippen LogP) is 3.14. The van der Waals surface area contributed by atoms with E-state index in [-0.39, 0.29) is 5.56 Å². The van der Waals surface area contributed by atoms with Gasteiger partial charge in [0, 0.05) is 15.2 Å². The van der Waals surface area contributed by atoms with Gasteiger partial charge in [-0.1, -0.05) is 18.2 Å². The van der Waals surface area contributed by atoms with Gasteiger partial charge in [0.05, 0.1) is 30.1 Å². The lowest BCUT2D eigenvalue weighted by atomic mass is 10.2. The van der Waals surface area contributed by atoms with Crippen molar-refractivity contribution in [2.45, 2.75) is 0 Å². The van der Waals surface area contributed by atoms with E-state index in [0.717, 1.165) is 14.1 Å². The number of ether oxygens (including phenoxy) is 1. The fourth-order valence-electron chi connectivity index (χ4n) is 2.87. The molecular formula is C19H17IN2O5S. The first-order valence-corrected chi connectivity index (χ1v) is 11.1. The Morgan fingerprint density at radius 2 is 1.75 bits per heavy atom. The van der Waals surface area contributed by atoms with Crippen LogP contribution in [-0.4, -0.2) is 44.8 Å². The maximum Gasteiger partial charge on any atom is 0.340 e. The molecule has 0 aliphatic heterocycles. The molecule has 0 radical (unpaired) electrons. The van der Waals surface area contributed by atoms with E-state index in [1.807, 2.05) is 0 Å². The molecule has 0 amide bonds. The molecule has 146 valence electrons. The summed E-state index contributed by atoms with van der Waals surface area (Å²) in [6.45, 7) is -0.404. The summed E-state index contributed by atoms with van der Waals surface area (Å²) < 4.78 is 32.6. The Morgan fingerprint density at radius 1 is 1.11 bits per heavy atom. The molecule has 0 fully saturated rings. The molecule has 0 atom stereocenters. The van der Waals surface area contributed by atoms with E-state index in [1.54, 1.807) is 48.5 Å². The van der Waals surface area contributed by atoms with Crippen LogP contribution in [0.25, 0.3) is 10.9 Å². The number of halogens is 1. The molecule has 7 nitrogen and oxygen atoms in total. The molecule has 0 saturated carbocycles. The van der Waals surface area contributed by atoms with Crippen molar-refractivity contribution in [3.63, 3.8) is 0 Å². The van der Waals surface area contributed by atoms with E-state index in [0.29, 0.717) is 16.6 Å². The number of benzene rings is 2. The van der Waals surface area contributed by atoms with Crippen LogP contribution in [0.4, 0.5) is 5.69 Å². The third-order valence-electron chi connectivity index (χ3n) is 4.18. The van der Waals surface area contributed by atoms with Crippen LogP contribution in [0.3, 0.4) is 0 Å². The molecule has 0 bridgehead atoms. The number of nitrogens with zero attached hydrogens (tertiary/aromatic N) is 2. The van der Waals surface area contributed by atoms with Gasteiger partial charge in [0.15, 0.2) is 0 Å². The molecule has 1 aromatic heterocycles. The van der Waals surface area contributed by atoms with Crippen molar-refractivity contribution in [3.05, 3.63) is 63.9 Å². The third-order valence-corrected chi connectivity index (χ3v) is 6.04. The molecule has 2 aromatic carbocycles. The second-order valence-electron chi connectivity index (χ2n) is 6.06. The van der Waals surface area contributed by atoms with Gasteiger partial charge in [0.1, 0.15) is 6.54 Å². The van der Waals surface area contributed by atoms with Gasteiger partial charge in [-0.25, -0.2) is 13.2 Å². The first-order chi connectivity index (χ1) is 13.2. The number of anilines is 1. The number of aromatic nitrogens is 1. The number of rotatable bonds is 5. The molecule has 3 aromatic rings.